The molecule has 1 heterocycles. The van der Waals surface area contributed by atoms with Gasteiger partial charge in [-0.05, 0) is 55.5 Å². The molecule has 0 atom stereocenters. The summed E-state index contributed by atoms with van der Waals surface area (Å²) in [6.45, 7) is 11.2. The van der Waals surface area contributed by atoms with Crippen molar-refractivity contribution >= 4 is 0 Å². The van der Waals surface area contributed by atoms with Gasteiger partial charge < -0.3 is 4.74 Å². The molecule has 2 rings (SSSR count). The van der Waals surface area contributed by atoms with Gasteiger partial charge in [0.15, 0.2) is 0 Å². The highest BCUT2D eigenvalue weighted by molar-refractivity contribution is 5.31. The van der Waals surface area contributed by atoms with Crippen molar-refractivity contribution in [3.05, 3.63) is 29.8 Å². The number of ether oxygens (including phenoxy) is 1. The van der Waals surface area contributed by atoms with E-state index in [1.54, 1.807) is 0 Å². The van der Waals surface area contributed by atoms with Gasteiger partial charge in [0.2, 0.25) is 0 Å². The standard InChI is InChI=1S/C18H29NO/c1-4-11-18(2,3)16-7-9-17(10-8-16)20-15-14-19-12-5-6-13-19/h7-10H,4-6,11-15H2,1-3H3. The first kappa shape index (κ1) is 15.4. The Morgan fingerprint density at radius 2 is 1.75 bits per heavy atom. The van der Waals surface area contributed by atoms with E-state index in [1.165, 1.54) is 44.3 Å². The van der Waals surface area contributed by atoms with Gasteiger partial charge in [0.05, 0.1) is 0 Å². The summed E-state index contributed by atoms with van der Waals surface area (Å²) in [5, 5.41) is 0. The van der Waals surface area contributed by atoms with Gasteiger partial charge >= 0.3 is 0 Å². The molecule has 2 heteroatoms. The molecule has 1 saturated heterocycles. The minimum atomic E-state index is 0.267. The quantitative estimate of drug-likeness (QED) is 0.738. The van der Waals surface area contributed by atoms with E-state index in [-0.39, 0.29) is 5.41 Å². The van der Waals surface area contributed by atoms with Crippen molar-refractivity contribution in [2.75, 3.05) is 26.2 Å². The molecular weight excluding hydrogens is 246 g/mol. The van der Waals surface area contributed by atoms with Gasteiger partial charge in [0, 0.05) is 6.54 Å². The van der Waals surface area contributed by atoms with E-state index in [2.05, 4.69) is 49.9 Å². The smallest absolute Gasteiger partial charge is 0.119 e. The predicted molar refractivity (Wildman–Crippen MR) is 85.5 cm³/mol. The number of nitrogens with zero attached hydrogens (tertiary/aromatic N) is 1. The lowest BCUT2D eigenvalue weighted by Gasteiger charge is -2.25. The van der Waals surface area contributed by atoms with E-state index in [1.807, 2.05) is 0 Å². The van der Waals surface area contributed by atoms with E-state index in [0.717, 1.165) is 18.9 Å². The van der Waals surface area contributed by atoms with E-state index in [4.69, 9.17) is 4.74 Å². The van der Waals surface area contributed by atoms with Gasteiger partial charge in [0.25, 0.3) is 0 Å². The molecular formula is C18H29NO. The van der Waals surface area contributed by atoms with E-state index < -0.39 is 0 Å². The van der Waals surface area contributed by atoms with Crippen LogP contribution >= 0.6 is 0 Å². The van der Waals surface area contributed by atoms with Crippen LogP contribution in [0.25, 0.3) is 0 Å². The van der Waals surface area contributed by atoms with Gasteiger partial charge in [0.1, 0.15) is 12.4 Å². The zero-order chi connectivity index (χ0) is 14.4. The third kappa shape index (κ3) is 4.24. The molecule has 0 aliphatic carbocycles. The number of hydrogen-bond acceptors (Lipinski definition) is 2. The first-order valence-corrected chi connectivity index (χ1v) is 8.07. The third-order valence-corrected chi connectivity index (χ3v) is 4.39. The first-order chi connectivity index (χ1) is 9.62. The van der Waals surface area contributed by atoms with Crippen LogP contribution in [0.5, 0.6) is 5.75 Å². The Bertz CT molecular complexity index is 390. The van der Waals surface area contributed by atoms with Crippen LogP contribution in [0.4, 0.5) is 0 Å². The summed E-state index contributed by atoms with van der Waals surface area (Å²) in [6.07, 6.45) is 5.14. The van der Waals surface area contributed by atoms with Crippen molar-refractivity contribution in [2.45, 2.75) is 51.9 Å². The fourth-order valence-corrected chi connectivity index (χ4v) is 3.07. The van der Waals surface area contributed by atoms with Crippen LogP contribution in [0.2, 0.25) is 0 Å². The molecule has 0 radical (unpaired) electrons. The molecule has 1 aromatic carbocycles. The molecule has 1 aromatic rings. The van der Waals surface area contributed by atoms with Gasteiger partial charge in [-0.25, -0.2) is 0 Å². The van der Waals surface area contributed by atoms with Crippen LogP contribution in [0.3, 0.4) is 0 Å². The fourth-order valence-electron chi connectivity index (χ4n) is 3.07. The minimum Gasteiger partial charge on any atom is -0.492 e. The van der Waals surface area contributed by atoms with Crippen LogP contribution in [-0.2, 0) is 5.41 Å². The van der Waals surface area contributed by atoms with Crippen molar-refractivity contribution in [3.8, 4) is 5.75 Å². The van der Waals surface area contributed by atoms with E-state index >= 15 is 0 Å². The molecule has 0 spiro atoms. The molecule has 0 unspecified atom stereocenters. The maximum absolute atomic E-state index is 5.85. The first-order valence-electron chi connectivity index (χ1n) is 8.07. The molecule has 1 aliphatic rings. The van der Waals surface area contributed by atoms with Crippen LogP contribution in [-0.4, -0.2) is 31.1 Å². The van der Waals surface area contributed by atoms with Gasteiger partial charge in [-0.15, -0.1) is 0 Å². The maximum atomic E-state index is 5.85. The highest BCUT2D eigenvalue weighted by atomic mass is 16.5. The maximum Gasteiger partial charge on any atom is 0.119 e. The molecule has 20 heavy (non-hydrogen) atoms. The van der Waals surface area contributed by atoms with Gasteiger partial charge in [-0.1, -0.05) is 39.3 Å². The normalized spacial score (nSPS) is 16.6. The Morgan fingerprint density at radius 3 is 2.35 bits per heavy atom. The Kier molecular flexibility index (Phi) is 5.47. The Labute approximate surface area is 124 Å². The molecule has 1 aliphatic heterocycles. The fraction of sp³-hybridized carbons (Fsp3) is 0.667. The number of likely N-dealkylation sites (tertiary alicyclic amines) is 1. The minimum absolute atomic E-state index is 0.267. The summed E-state index contributed by atoms with van der Waals surface area (Å²) in [4.78, 5) is 2.48. The molecule has 2 nitrogen and oxygen atoms in total. The number of hydrogen-bond donors (Lipinski definition) is 0. The molecule has 0 N–H and O–H groups in total. The second kappa shape index (κ2) is 7.12. The van der Waals surface area contributed by atoms with E-state index in [0.29, 0.717) is 0 Å². The van der Waals surface area contributed by atoms with Crippen LogP contribution in [0, 0.1) is 0 Å². The number of rotatable bonds is 7. The molecule has 112 valence electrons. The Hall–Kier alpha value is -1.02. The molecule has 0 aromatic heterocycles. The average molecular weight is 275 g/mol. The second-order valence-electron chi connectivity index (χ2n) is 6.56. The van der Waals surface area contributed by atoms with Crippen LogP contribution in [0.15, 0.2) is 24.3 Å². The lowest BCUT2D eigenvalue weighted by atomic mass is 9.81. The summed E-state index contributed by atoms with van der Waals surface area (Å²) in [5.41, 5.74) is 1.68. The highest BCUT2D eigenvalue weighted by Crippen LogP contribution is 2.29. The molecule has 0 amide bonds. The van der Waals surface area contributed by atoms with Crippen molar-refractivity contribution in [3.63, 3.8) is 0 Å². The average Bonchev–Trinajstić information content (AvgIpc) is 2.92. The zero-order valence-corrected chi connectivity index (χ0v) is 13.3. The van der Waals surface area contributed by atoms with Crippen molar-refractivity contribution < 1.29 is 4.74 Å². The summed E-state index contributed by atoms with van der Waals surface area (Å²) >= 11 is 0. The zero-order valence-electron chi connectivity index (χ0n) is 13.3. The van der Waals surface area contributed by atoms with Crippen molar-refractivity contribution in [1.82, 2.24) is 4.90 Å². The van der Waals surface area contributed by atoms with Crippen LogP contribution in [0.1, 0.15) is 52.0 Å². The SMILES string of the molecule is CCCC(C)(C)c1ccc(OCCN2CCCC2)cc1. The number of benzene rings is 1. The summed E-state index contributed by atoms with van der Waals surface area (Å²) < 4.78 is 5.85. The largest absolute Gasteiger partial charge is 0.492 e. The lowest BCUT2D eigenvalue weighted by Crippen LogP contribution is -2.25. The summed E-state index contributed by atoms with van der Waals surface area (Å²) in [5.74, 6) is 1.00. The highest BCUT2D eigenvalue weighted by Gasteiger charge is 2.19. The topological polar surface area (TPSA) is 12.5 Å². The monoisotopic (exact) mass is 275 g/mol. The Balaban J connectivity index is 1.81. The molecule has 0 saturated carbocycles. The van der Waals surface area contributed by atoms with Gasteiger partial charge in [-0.3, -0.25) is 4.90 Å². The Morgan fingerprint density at radius 1 is 1.10 bits per heavy atom. The summed E-state index contributed by atoms with van der Waals surface area (Å²) in [6, 6.07) is 8.69. The second-order valence-corrected chi connectivity index (χ2v) is 6.56. The van der Waals surface area contributed by atoms with Crippen molar-refractivity contribution in [1.29, 1.82) is 0 Å². The lowest BCUT2D eigenvalue weighted by molar-refractivity contribution is 0.237. The van der Waals surface area contributed by atoms with Crippen molar-refractivity contribution in [2.24, 2.45) is 0 Å². The molecule has 0 bridgehead atoms. The summed E-state index contributed by atoms with van der Waals surface area (Å²) in [7, 11) is 0. The molecule has 1 fully saturated rings. The third-order valence-electron chi connectivity index (χ3n) is 4.39. The van der Waals surface area contributed by atoms with E-state index in [9.17, 15) is 0 Å². The predicted octanol–water partition coefficient (Wildman–Crippen LogP) is 4.24. The van der Waals surface area contributed by atoms with Crippen LogP contribution < -0.4 is 4.74 Å². The van der Waals surface area contributed by atoms with Gasteiger partial charge in [-0.2, -0.15) is 0 Å².